The molecule has 0 amide bonds. The highest BCUT2D eigenvalue weighted by Crippen LogP contribution is 2.32. The highest BCUT2D eigenvalue weighted by Gasteiger charge is 2.31. The van der Waals surface area contributed by atoms with Gasteiger partial charge in [0.1, 0.15) is 5.01 Å². The third kappa shape index (κ3) is 2.06. The van der Waals surface area contributed by atoms with Crippen molar-refractivity contribution in [2.75, 3.05) is 19.8 Å². The van der Waals surface area contributed by atoms with Crippen LogP contribution < -0.4 is 5.32 Å². The SMILES string of the molecule is CCNC1COCC1c1nc2cnccc2s1. The lowest BCUT2D eigenvalue weighted by Crippen LogP contribution is -2.34. The van der Waals surface area contributed by atoms with Crippen molar-refractivity contribution in [1.29, 1.82) is 0 Å². The molecule has 2 unspecified atom stereocenters. The molecule has 1 saturated heterocycles. The van der Waals surface area contributed by atoms with Crippen LogP contribution in [0.3, 0.4) is 0 Å². The van der Waals surface area contributed by atoms with Crippen molar-refractivity contribution in [3.63, 3.8) is 0 Å². The normalized spacial score (nSPS) is 24.5. The fourth-order valence-corrected chi connectivity index (χ4v) is 3.30. The van der Waals surface area contributed by atoms with E-state index in [1.54, 1.807) is 11.3 Å². The molecule has 4 nitrogen and oxygen atoms in total. The number of ether oxygens (including phenoxy) is 1. The van der Waals surface area contributed by atoms with Crippen molar-refractivity contribution in [3.05, 3.63) is 23.5 Å². The molecule has 0 aliphatic carbocycles. The first kappa shape index (κ1) is 11.1. The monoisotopic (exact) mass is 249 g/mol. The number of nitrogens with zero attached hydrogens (tertiary/aromatic N) is 2. The zero-order valence-corrected chi connectivity index (χ0v) is 10.5. The van der Waals surface area contributed by atoms with Gasteiger partial charge in [-0.05, 0) is 12.6 Å². The topological polar surface area (TPSA) is 47.0 Å². The maximum Gasteiger partial charge on any atom is 0.101 e. The highest BCUT2D eigenvalue weighted by atomic mass is 32.1. The van der Waals surface area contributed by atoms with Gasteiger partial charge in [-0.15, -0.1) is 11.3 Å². The quantitative estimate of drug-likeness (QED) is 0.901. The molecule has 5 heteroatoms. The molecule has 0 saturated carbocycles. The van der Waals surface area contributed by atoms with Gasteiger partial charge in [-0.2, -0.15) is 0 Å². The number of hydrogen-bond acceptors (Lipinski definition) is 5. The summed E-state index contributed by atoms with van der Waals surface area (Å²) in [7, 11) is 0. The predicted octanol–water partition coefficient (Wildman–Crippen LogP) is 1.78. The van der Waals surface area contributed by atoms with E-state index in [1.807, 2.05) is 18.5 Å². The number of likely N-dealkylation sites (N-methyl/N-ethyl adjacent to an activating group) is 1. The van der Waals surface area contributed by atoms with E-state index in [2.05, 4.69) is 22.2 Å². The van der Waals surface area contributed by atoms with Crippen molar-refractivity contribution in [2.45, 2.75) is 18.9 Å². The van der Waals surface area contributed by atoms with Crippen LogP contribution in [0.1, 0.15) is 17.8 Å². The van der Waals surface area contributed by atoms with Crippen molar-refractivity contribution < 1.29 is 4.74 Å². The Bertz CT molecular complexity index is 480. The van der Waals surface area contributed by atoms with Crippen molar-refractivity contribution in [1.82, 2.24) is 15.3 Å². The number of pyridine rings is 1. The minimum Gasteiger partial charge on any atom is -0.379 e. The maximum atomic E-state index is 5.56. The lowest BCUT2D eigenvalue weighted by molar-refractivity contribution is 0.188. The van der Waals surface area contributed by atoms with Gasteiger partial charge in [-0.25, -0.2) is 4.98 Å². The molecule has 90 valence electrons. The molecule has 17 heavy (non-hydrogen) atoms. The maximum absolute atomic E-state index is 5.56. The van der Waals surface area contributed by atoms with E-state index in [1.165, 1.54) is 4.70 Å². The Morgan fingerprint density at radius 3 is 3.29 bits per heavy atom. The predicted molar refractivity (Wildman–Crippen MR) is 68.4 cm³/mol. The van der Waals surface area contributed by atoms with Crippen LogP contribution in [-0.4, -0.2) is 35.8 Å². The number of fused-ring (bicyclic) bond motifs is 1. The van der Waals surface area contributed by atoms with Gasteiger partial charge >= 0.3 is 0 Å². The van der Waals surface area contributed by atoms with Gasteiger partial charge < -0.3 is 10.1 Å². The molecule has 1 aliphatic rings. The molecule has 2 aromatic heterocycles. The molecular formula is C12H15N3OS. The third-order valence-corrected chi connectivity index (χ3v) is 4.24. The van der Waals surface area contributed by atoms with Gasteiger partial charge in [-0.1, -0.05) is 6.92 Å². The first-order chi connectivity index (χ1) is 8.38. The van der Waals surface area contributed by atoms with Crippen LogP contribution in [0, 0.1) is 0 Å². The summed E-state index contributed by atoms with van der Waals surface area (Å²) in [6.45, 7) is 4.65. The van der Waals surface area contributed by atoms with Gasteiger partial charge in [0.2, 0.25) is 0 Å². The second-order valence-corrected chi connectivity index (χ2v) is 5.27. The van der Waals surface area contributed by atoms with Crippen molar-refractivity contribution >= 4 is 21.6 Å². The molecule has 2 atom stereocenters. The van der Waals surface area contributed by atoms with Gasteiger partial charge in [0.15, 0.2) is 0 Å². The summed E-state index contributed by atoms with van der Waals surface area (Å²) in [5, 5.41) is 4.63. The first-order valence-electron chi connectivity index (χ1n) is 5.90. The zero-order chi connectivity index (χ0) is 11.7. The summed E-state index contributed by atoms with van der Waals surface area (Å²) in [5.74, 6) is 0.382. The lowest BCUT2D eigenvalue weighted by Gasteiger charge is -2.15. The van der Waals surface area contributed by atoms with E-state index >= 15 is 0 Å². The van der Waals surface area contributed by atoms with Crippen LogP contribution in [0.4, 0.5) is 0 Å². The van der Waals surface area contributed by atoms with Crippen LogP contribution in [-0.2, 0) is 4.74 Å². The Morgan fingerprint density at radius 2 is 2.47 bits per heavy atom. The van der Waals surface area contributed by atoms with Gasteiger partial charge in [-0.3, -0.25) is 4.98 Å². The summed E-state index contributed by atoms with van der Waals surface area (Å²) in [6, 6.07) is 2.42. The minimum atomic E-state index is 0.382. The Morgan fingerprint density at radius 1 is 1.53 bits per heavy atom. The van der Waals surface area contributed by atoms with E-state index in [0.717, 1.165) is 30.3 Å². The summed E-state index contributed by atoms with van der Waals surface area (Å²) >= 11 is 1.75. The largest absolute Gasteiger partial charge is 0.379 e. The van der Waals surface area contributed by atoms with E-state index in [-0.39, 0.29) is 0 Å². The average molecular weight is 249 g/mol. The minimum absolute atomic E-state index is 0.382. The summed E-state index contributed by atoms with van der Waals surface area (Å²) in [5.41, 5.74) is 0.995. The number of rotatable bonds is 3. The van der Waals surface area contributed by atoms with Crippen LogP contribution in [0.5, 0.6) is 0 Å². The van der Waals surface area contributed by atoms with Crippen LogP contribution in [0.25, 0.3) is 10.2 Å². The summed E-state index contributed by atoms with van der Waals surface area (Å²) in [4.78, 5) is 8.77. The second kappa shape index (κ2) is 4.68. The van der Waals surface area contributed by atoms with Crippen molar-refractivity contribution in [2.24, 2.45) is 0 Å². The van der Waals surface area contributed by atoms with Gasteiger partial charge in [0.05, 0.1) is 35.5 Å². The second-order valence-electron chi connectivity index (χ2n) is 4.20. The van der Waals surface area contributed by atoms with Crippen LogP contribution in [0.2, 0.25) is 0 Å². The Labute approximate surface area is 104 Å². The lowest BCUT2D eigenvalue weighted by atomic mass is 10.1. The smallest absolute Gasteiger partial charge is 0.101 e. The zero-order valence-electron chi connectivity index (χ0n) is 9.72. The molecule has 2 aromatic rings. The molecule has 0 spiro atoms. The van der Waals surface area contributed by atoms with Gasteiger partial charge in [0.25, 0.3) is 0 Å². The molecule has 0 radical (unpaired) electrons. The number of nitrogens with one attached hydrogen (secondary N) is 1. The first-order valence-corrected chi connectivity index (χ1v) is 6.71. The summed E-state index contributed by atoms with van der Waals surface area (Å²) < 4.78 is 6.77. The standard InChI is InChI=1S/C12H15N3OS/c1-2-14-10-7-16-6-8(10)12-15-9-5-13-4-3-11(9)17-12/h3-5,8,10,14H,2,6-7H2,1H3. The fraction of sp³-hybridized carbons (Fsp3) is 0.500. The van der Waals surface area contributed by atoms with Crippen LogP contribution >= 0.6 is 11.3 Å². The molecule has 1 N–H and O–H groups in total. The Hall–Kier alpha value is -1.04. The molecule has 0 bridgehead atoms. The Kier molecular flexibility index (Phi) is 3.05. The molecule has 0 aromatic carbocycles. The number of aromatic nitrogens is 2. The number of thiazole rings is 1. The summed E-state index contributed by atoms with van der Waals surface area (Å²) in [6.07, 6.45) is 3.64. The average Bonchev–Trinajstić information content (AvgIpc) is 2.94. The van der Waals surface area contributed by atoms with E-state index in [0.29, 0.717) is 12.0 Å². The van der Waals surface area contributed by atoms with E-state index in [9.17, 15) is 0 Å². The molecule has 1 fully saturated rings. The molecule has 1 aliphatic heterocycles. The Balaban J connectivity index is 1.92. The molecule has 3 rings (SSSR count). The third-order valence-electron chi connectivity index (χ3n) is 3.07. The van der Waals surface area contributed by atoms with Crippen molar-refractivity contribution in [3.8, 4) is 0 Å². The van der Waals surface area contributed by atoms with Crippen LogP contribution in [0.15, 0.2) is 18.5 Å². The van der Waals surface area contributed by atoms with E-state index in [4.69, 9.17) is 4.74 Å². The van der Waals surface area contributed by atoms with E-state index < -0.39 is 0 Å². The molecular weight excluding hydrogens is 234 g/mol. The fourth-order valence-electron chi connectivity index (χ4n) is 2.22. The number of hydrogen-bond donors (Lipinski definition) is 1. The molecule has 3 heterocycles. The van der Waals surface area contributed by atoms with Gasteiger partial charge in [0, 0.05) is 12.2 Å². The highest BCUT2D eigenvalue weighted by molar-refractivity contribution is 7.18.